The molecular formula is C10H10ClNO. The lowest BCUT2D eigenvalue weighted by atomic mass is 10.3. The highest BCUT2D eigenvalue weighted by atomic mass is 35.5. The SMILES string of the molecule is CC(C)=N[C]Oc1ccc(Cl)cc1. The minimum atomic E-state index is 0.675. The molecule has 2 radical (unpaired) electrons. The van der Waals surface area contributed by atoms with Gasteiger partial charge in [-0.3, -0.25) is 0 Å². The zero-order valence-electron chi connectivity index (χ0n) is 7.54. The largest absolute Gasteiger partial charge is 0.454 e. The molecule has 0 aliphatic heterocycles. The summed E-state index contributed by atoms with van der Waals surface area (Å²) in [7, 11) is 0. The van der Waals surface area contributed by atoms with E-state index in [-0.39, 0.29) is 0 Å². The fraction of sp³-hybridized carbons (Fsp3) is 0.200. The first-order valence-corrected chi connectivity index (χ1v) is 4.24. The predicted molar refractivity (Wildman–Crippen MR) is 54.1 cm³/mol. The topological polar surface area (TPSA) is 21.6 Å². The van der Waals surface area contributed by atoms with Crippen LogP contribution in [-0.2, 0) is 0 Å². The van der Waals surface area contributed by atoms with Gasteiger partial charge in [0, 0.05) is 10.7 Å². The highest BCUT2D eigenvalue weighted by Gasteiger charge is 1.93. The van der Waals surface area contributed by atoms with Crippen molar-refractivity contribution in [1.82, 2.24) is 0 Å². The summed E-state index contributed by atoms with van der Waals surface area (Å²) in [5.74, 6) is 0.675. The molecule has 13 heavy (non-hydrogen) atoms. The molecule has 0 aliphatic carbocycles. The Kier molecular flexibility index (Phi) is 3.77. The third-order valence-corrected chi connectivity index (χ3v) is 1.50. The van der Waals surface area contributed by atoms with Crippen LogP contribution in [0, 0.1) is 6.73 Å². The summed E-state index contributed by atoms with van der Waals surface area (Å²) in [6.07, 6.45) is 0. The third-order valence-electron chi connectivity index (χ3n) is 1.25. The van der Waals surface area contributed by atoms with Crippen molar-refractivity contribution in [2.75, 3.05) is 0 Å². The predicted octanol–water partition coefficient (Wildman–Crippen LogP) is 3.20. The first kappa shape index (κ1) is 10.1. The van der Waals surface area contributed by atoms with Crippen molar-refractivity contribution in [2.45, 2.75) is 13.8 Å². The lowest BCUT2D eigenvalue weighted by Crippen LogP contribution is -1.89. The van der Waals surface area contributed by atoms with Crippen molar-refractivity contribution in [3.8, 4) is 5.75 Å². The molecule has 0 unspecified atom stereocenters. The second-order valence-electron chi connectivity index (χ2n) is 2.71. The smallest absolute Gasteiger partial charge is 0.335 e. The lowest BCUT2D eigenvalue weighted by Gasteiger charge is -1.99. The van der Waals surface area contributed by atoms with Crippen molar-refractivity contribution in [3.63, 3.8) is 0 Å². The van der Waals surface area contributed by atoms with Crippen LogP contribution in [0.2, 0.25) is 5.02 Å². The monoisotopic (exact) mass is 195 g/mol. The number of hydrogen-bond donors (Lipinski definition) is 0. The number of ether oxygens (including phenoxy) is 1. The number of halogens is 1. The second kappa shape index (κ2) is 4.87. The molecule has 0 atom stereocenters. The van der Waals surface area contributed by atoms with Crippen LogP contribution in [0.15, 0.2) is 29.3 Å². The van der Waals surface area contributed by atoms with Gasteiger partial charge in [-0.05, 0) is 38.1 Å². The number of hydrogen-bond acceptors (Lipinski definition) is 2. The van der Waals surface area contributed by atoms with Crippen molar-refractivity contribution >= 4 is 17.3 Å². The standard InChI is InChI=1S/C10H10ClNO/c1-8(2)12-7-13-10-5-3-9(11)4-6-10/h3-6H,1-2H3. The van der Waals surface area contributed by atoms with Gasteiger partial charge in [-0.25, -0.2) is 4.99 Å². The maximum atomic E-state index is 5.69. The maximum Gasteiger partial charge on any atom is 0.335 e. The minimum absolute atomic E-state index is 0.675. The van der Waals surface area contributed by atoms with Crippen molar-refractivity contribution in [2.24, 2.45) is 4.99 Å². The number of aliphatic imine (C=N–C) groups is 1. The van der Waals surface area contributed by atoms with E-state index >= 15 is 0 Å². The van der Waals surface area contributed by atoms with E-state index in [1.165, 1.54) is 0 Å². The number of benzene rings is 1. The van der Waals surface area contributed by atoms with E-state index in [1.807, 2.05) is 13.8 Å². The van der Waals surface area contributed by atoms with Crippen LogP contribution in [0.5, 0.6) is 5.75 Å². The normalized spacial score (nSPS) is 9.46. The van der Waals surface area contributed by atoms with Gasteiger partial charge < -0.3 is 4.74 Å². The van der Waals surface area contributed by atoms with Crippen LogP contribution in [0.3, 0.4) is 0 Å². The Morgan fingerprint density at radius 1 is 1.31 bits per heavy atom. The van der Waals surface area contributed by atoms with Gasteiger partial charge >= 0.3 is 6.73 Å². The van der Waals surface area contributed by atoms with Gasteiger partial charge in [0.15, 0.2) is 0 Å². The average molecular weight is 196 g/mol. The number of nitrogens with zero attached hydrogens (tertiary/aromatic N) is 1. The zero-order chi connectivity index (χ0) is 9.68. The molecule has 0 aromatic heterocycles. The molecule has 0 heterocycles. The van der Waals surface area contributed by atoms with E-state index in [2.05, 4.69) is 11.7 Å². The van der Waals surface area contributed by atoms with Gasteiger partial charge in [0.1, 0.15) is 5.75 Å². The highest BCUT2D eigenvalue weighted by Crippen LogP contribution is 2.15. The zero-order valence-corrected chi connectivity index (χ0v) is 8.30. The molecule has 1 rings (SSSR count). The molecule has 0 N–H and O–H groups in total. The summed E-state index contributed by atoms with van der Waals surface area (Å²) in [6.45, 7) is 6.21. The summed E-state index contributed by atoms with van der Waals surface area (Å²) in [5, 5.41) is 0.683. The van der Waals surface area contributed by atoms with Crippen molar-refractivity contribution < 1.29 is 4.74 Å². The van der Waals surface area contributed by atoms with Crippen LogP contribution < -0.4 is 4.74 Å². The third kappa shape index (κ3) is 3.95. The first-order valence-electron chi connectivity index (χ1n) is 3.87. The van der Waals surface area contributed by atoms with E-state index in [4.69, 9.17) is 16.3 Å². The second-order valence-corrected chi connectivity index (χ2v) is 3.14. The van der Waals surface area contributed by atoms with Gasteiger partial charge in [-0.2, -0.15) is 0 Å². The summed E-state index contributed by atoms with van der Waals surface area (Å²) in [4.78, 5) is 3.85. The Hall–Kier alpha value is -1.02. The molecule has 0 saturated heterocycles. The van der Waals surface area contributed by atoms with Gasteiger partial charge in [0.25, 0.3) is 0 Å². The van der Waals surface area contributed by atoms with E-state index in [1.54, 1.807) is 24.3 Å². The summed E-state index contributed by atoms with van der Waals surface area (Å²) in [6, 6.07) is 7.02. The molecule has 2 nitrogen and oxygen atoms in total. The summed E-state index contributed by atoms with van der Waals surface area (Å²) < 4.78 is 5.08. The average Bonchev–Trinajstić information content (AvgIpc) is 2.08. The van der Waals surface area contributed by atoms with E-state index in [9.17, 15) is 0 Å². The summed E-state index contributed by atoms with van der Waals surface area (Å²) >= 11 is 5.69. The molecule has 1 aromatic carbocycles. The first-order chi connectivity index (χ1) is 6.18. The minimum Gasteiger partial charge on any atom is -0.454 e. The van der Waals surface area contributed by atoms with Crippen LogP contribution in [0.1, 0.15) is 13.8 Å². The molecule has 0 spiro atoms. The fourth-order valence-corrected chi connectivity index (χ4v) is 0.795. The van der Waals surface area contributed by atoms with Crippen LogP contribution in [-0.4, -0.2) is 5.71 Å². The van der Waals surface area contributed by atoms with Crippen molar-refractivity contribution in [1.29, 1.82) is 0 Å². The lowest BCUT2D eigenvalue weighted by molar-refractivity contribution is 0.409. The molecular weight excluding hydrogens is 186 g/mol. The van der Waals surface area contributed by atoms with E-state index in [0.29, 0.717) is 10.8 Å². The van der Waals surface area contributed by atoms with Gasteiger partial charge in [-0.1, -0.05) is 11.6 Å². The van der Waals surface area contributed by atoms with Gasteiger partial charge in [0.2, 0.25) is 0 Å². The van der Waals surface area contributed by atoms with E-state index in [0.717, 1.165) is 5.71 Å². The van der Waals surface area contributed by atoms with E-state index < -0.39 is 0 Å². The molecule has 0 saturated carbocycles. The molecule has 0 fully saturated rings. The molecule has 68 valence electrons. The Balaban J connectivity index is 2.46. The van der Waals surface area contributed by atoms with Crippen molar-refractivity contribution in [3.05, 3.63) is 36.0 Å². The Morgan fingerprint density at radius 3 is 2.46 bits per heavy atom. The van der Waals surface area contributed by atoms with Crippen LogP contribution in [0.25, 0.3) is 0 Å². The quantitative estimate of drug-likeness (QED) is 0.679. The number of rotatable bonds is 3. The summed E-state index contributed by atoms with van der Waals surface area (Å²) in [5.41, 5.74) is 0.897. The maximum absolute atomic E-state index is 5.69. The molecule has 0 aliphatic rings. The Labute approximate surface area is 83.2 Å². The molecule has 1 aromatic rings. The molecule has 0 amide bonds. The molecule has 3 heteroatoms. The fourth-order valence-electron chi connectivity index (χ4n) is 0.669. The van der Waals surface area contributed by atoms with Gasteiger partial charge in [-0.15, -0.1) is 0 Å². The highest BCUT2D eigenvalue weighted by molar-refractivity contribution is 6.30. The Bertz CT molecular complexity index is 288. The Morgan fingerprint density at radius 2 is 1.92 bits per heavy atom. The van der Waals surface area contributed by atoms with Gasteiger partial charge in [0.05, 0.1) is 0 Å². The molecule has 0 bridgehead atoms. The van der Waals surface area contributed by atoms with Crippen LogP contribution >= 0.6 is 11.6 Å². The van der Waals surface area contributed by atoms with Crippen LogP contribution in [0.4, 0.5) is 0 Å².